The first-order chi connectivity index (χ1) is 18.7. The van der Waals surface area contributed by atoms with Gasteiger partial charge in [-0.25, -0.2) is 4.79 Å². The first-order valence-electron chi connectivity index (χ1n) is 12.6. The van der Waals surface area contributed by atoms with E-state index in [2.05, 4.69) is 10.3 Å². The summed E-state index contributed by atoms with van der Waals surface area (Å²) in [5, 5.41) is 14.4. The zero-order valence-electron chi connectivity index (χ0n) is 21.4. The largest absolute Gasteiger partial charge is 0.460 e. The Kier molecular flexibility index (Phi) is 6.81. The van der Waals surface area contributed by atoms with E-state index in [1.165, 1.54) is 18.2 Å². The van der Waals surface area contributed by atoms with E-state index in [1.54, 1.807) is 44.2 Å². The van der Waals surface area contributed by atoms with Crippen molar-refractivity contribution in [2.45, 2.75) is 38.6 Å². The van der Waals surface area contributed by atoms with Crippen LogP contribution in [0.5, 0.6) is 0 Å². The normalized spacial score (nSPS) is 20.5. The van der Waals surface area contributed by atoms with Gasteiger partial charge in [0.25, 0.3) is 17.5 Å². The van der Waals surface area contributed by atoms with Crippen molar-refractivity contribution in [2.24, 2.45) is 10.9 Å². The van der Waals surface area contributed by atoms with E-state index in [1.807, 2.05) is 0 Å². The molecule has 3 amide bonds. The molecule has 1 aliphatic carbocycles. The van der Waals surface area contributed by atoms with Gasteiger partial charge in [-0.3, -0.25) is 34.4 Å². The summed E-state index contributed by atoms with van der Waals surface area (Å²) < 4.78 is 5.52. The van der Waals surface area contributed by atoms with Crippen LogP contribution in [0, 0.1) is 16.0 Å². The van der Waals surface area contributed by atoms with Crippen LogP contribution >= 0.6 is 0 Å². The Morgan fingerprint density at radius 2 is 1.74 bits per heavy atom. The van der Waals surface area contributed by atoms with Crippen LogP contribution in [0.3, 0.4) is 0 Å². The molecule has 2 atom stereocenters. The number of nitro benzene ring substituents is 1. The number of nitrogens with one attached hydrogen (secondary N) is 1. The highest BCUT2D eigenvalue weighted by atomic mass is 16.6. The quantitative estimate of drug-likeness (QED) is 0.238. The summed E-state index contributed by atoms with van der Waals surface area (Å²) in [6, 6.07) is 12.3. The second-order valence-corrected chi connectivity index (χ2v) is 9.79. The van der Waals surface area contributed by atoms with Crippen molar-refractivity contribution in [3.8, 4) is 0 Å². The Bertz CT molecular complexity index is 1440. The van der Waals surface area contributed by atoms with Gasteiger partial charge in [0.05, 0.1) is 34.1 Å². The number of aliphatic imine (C=N–C) groups is 1. The van der Waals surface area contributed by atoms with E-state index < -0.39 is 34.5 Å². The van der Waals surface area contributed by atoms with E-state index in [0.29, 0.717) is 28.1 Å². The molecule has 0 saturated heterocycles. The summed E-state index contributed by atoms with van der Waals surface area (Å²) in [6.45, 7) is 2.88. The number of amides is 3. The lowest BCUT2D eigenvalue weighted by atomic mass is 9.75. The zero-order chi connectivity index (χ0) is 27.8. The highest BCUT2D eigenvalue weighted by Crippen LogP contribution is 2.41. The number of nitrogens with zero attached hydrogens (tertiary/aromatic N) is 3. The van der Waals surface area contributed by atoms with Crippen molar-refractivity contribution in [1.82, 2.24) is 10.2 Å². The van der Waals surface area contributed by atoms with Crippen molar-refractivity contribution >= 4 is 35.1 Å². The summed E-state index contributed by atoms with van der Waals surface area (Å²) in [7, 11) is 0. The number of carbonyl (C=O) groups is 4. The lowest BCUT2D eigenvalue weighted by Crippen LogP contribution is -2.42. The molecule has 1 saturated carbocycles. The number of ether oxygens (including phenoxy) is 1. The van der Waals surface area contributed by atoms with Crippen LogP contribution in [0.15, 0.2) is 64.8 Å². The molecule has 2 heterocycles. The molecule has 1 fully saturated rings. The highest BCUT2D eigenvalue weighted by molar-refractivity contribution is 6.21. The first-order valence-corrected chi connectivity index (χ1v) is 12.6. The topological polar surface area (TPSA) is 148 Å². The number of esters is 1. The van der Waals surface area contributed by atoms with Gasteiger partial charge in [0, 0.05) is 35.5 Å². The maximum atomic E-state index is 13.5. The van der Waals surface area contributed by atoms with Crippen molar-refractivity contribution < 1.29 is 28.8 Å². The van der Waals surface area contributed by atoms with Gasteiger partial charge >= 0.3 is 5.97 Å². The monoisotopic (exact) mass is 530 g/mol. The molecule has 2 aromatic carbocycles. The molecule has 5 rings (SSSR count). The predicted molar refractivity (Wildman–Crippen MR) is 139 cm³/mol. The fraction of sp³-hybridized carbons (Fsp3) is 0.321. The van der Waals surface area contributed by atoms with Gasteiger partial charge in [-0.15, -0.1) is 0 Å². The average molecular weight is 531 g/mol. The van der Waals surface area contributed by atoms with E-state index in [0.717, 1.165) is 17.7 Å². The minimum absolute atomic E-state index is 0.0538. The minimum atomic E-state index is -0.882. The Labute approximate surface area is 223 Å². The molecule has 200 valence electrons. The Hall–Kier alpha value is -4.67. The third-order valence-corrected chi connectivity index (χ3v) is 7.12. The smallest absolute Gasteiger partial charge is 0.336 e. The second kappa shape index (κ2) is 10.2. The summed E-state index contributed by atoms with van der Waals surface area (Å²) in [4.78, 5) is 68.5. The van der Waals surface area contributed by atoms with Crippen molar-refractivity contribution in [3.63, 3.8) is 0 Å². The Balaban J connectivity index is 1.40. The van der Waals surface area contributed by atoms with Gasteiger partial charge < -0.3 is 10.1 Å². The number of hydrogen-bond donors (Lipinski definition) is 1. The summed E-state index contributed by atoms with van der Waals surface area (Å²) >= 11 is 0. The SMILES string of the molecule is CC1=NC(C)=C(C(=O)OCCN2C(=O)c3ccccc3C2=O)C(c2cccc([N+](=O)[O-])c2)C1C(=O)NC1CC1. The number of non-ortho nitro benzene ring substituents is 1. The van der Waals surface area contributed by atoms with Crippen LogP contribution < -0.4 is 5.32 Å². The van der Waals surface area contributed by atoms with Gasteiger partial charge in [-0.05, 0) is 44.4 Å². The van der Waals surface area contributed by atoms with E-state index in [-0.39, 0.29) is 36.4 Å². The molecule has 39 heavy (non-hydrogen) atoms. The van der Waals surface area contributed by atoms with Gasteiger partial charge in [0.1, 0.15) is 6.61 Å². The third kappa shape index (κ3) is 4.95. The van der Waals surface area contributed by atoms with Crippen molar-refractivity contribution in [2.75, 3.05) is 13.2 Å². The third-order valence-electron chi connectivity index (χ3n) is 7.12. The molecule has 11 heteroatoms. The summed E-state index contributed by atoms with van der Waals surface area (Å²) in [6.07, 6.45) is 1.72. The lowest BCUT2D eigenvalue weighted by Gasteiger charge is -2.32. The molecule has 2 unspecified atom stereocenters. The number of imide groups is 1. The number of carbonyl (C=O) groups excluding carboxylic acids is 4. The molecule has 0 spiro atoms. The van der Waals surface area contributed by atoms with E-state index in [9.17, 15) is 29.3 Å². The molecule has 2 aliphatic heterocycles. The first kappa shape index (κ1) is 26.0. The van der Waals surface area contributed by atoms with Crippen LogP contribution in [0.4, 0.5) is 5.69 Å². The summed E-state index contributed by atoms with van der Waals surface area (Å²) in [5.74, 6) is -3.79. The van der Waals surface area contributed by atoms with Gasteiger partial charge in [-0.2, -0.15) is 0 Å². The number of fused-ring (bicyclic) bond motifs is 1. The molecule has 2 aromatic rings. The van der Waals surface area contributed by atoms with Crippen LogP contribution in [0.2, 0.25) is 0 Å². The summed E-state index contributed by atoms with van der Waals surface area (Å²) in [5.41, 5.74) is 1.71. The molecular formula is C28H26N4O7. The average Bonchev–Trinajstić information content (AvgIpc) is 3.69. The fourth-order valence-electron chi connectivity index (χ4n) is 5.10. The van der Waals surface area contributed by atoms with Crippen LogP contribution in [0.25, 0.3) is 0 Å². The second-order valence-electron chi connectivity index (χ2n) is 9.79. The Morgan fingerprint density at radius 3 is 2.36 bits per heavy atom. The molecule has 0 bridgehead atoms. The van der Waals surface area contributed by atoms with Crippen molar-refractivity contribution in [3.05, 3.63) is 86.6 Å². The van der Waals surface area contributed by atoms with Crippen molar-refractivity contribution in [1.29, 1.82) is 0 Å². The molecule has 0 aromatic heterocycles. The van der Waals surface area contributed by atoms with Crippen LogP contribution in [-0.2, 0) is 14.3 Å². The number of allylic oxidation sites excluding steroid dienone is 1. The molecule has 0 radical (unpaired) electrons. The fourth-order valence-corrected chi connectivity index (χ4v) is 5.10. The van der Waals surface area contributed by atoms with E-state index >= 15 is 0 Å². The zero-order valence-corrected chi connectivity index (χ0v) is 21.4. The van der Waals surface area contributed by atoms with Crippen LogP contribution in [0.1, 0.15) is 58.9 Å². The number of rotatable bonds is 8. The van der Waals surface area contributed by atoms with Gasteiger partial charge in [-0.1, -0.05) is 24.3 Å². The maximum Gasteiger partial charge on any atom is 0.336 e. The van der Waals surface area contributed by atoms with E-state index in [4.69, 9.17) is 4.74 Å². The standard InChI is InChI=1S/C28H26N4O7/c1-15-22(25(33)30-18-10-11-18)24(17-6-5-7-19(14-17)32(37)38)23(16(2)29-15)28(36)39-13-12-31-26(34)20-8-3-4-9-21(20)27(31)35/h3-9,14,18,22,24H,10-13H2,1-2H3,(H,30,33). The van der Waals surface area contributed by atoms with Crippen LogP contribution in [-0.4, -0.2) is 58.4 Å². The highest BCUT2D eigenvalue weighted by Gasteiger charge is 2.43. The minimum Gasteiger partial charge on any atom is -0.460 e. The molecule has 1 N–H and O–H groups in total. The molecular weight excluding hydrogens is 504 g/mol. The predicted octanol–water partition coefficient (Wildman–Crippen LogP) is 3.16. The van der Waals surface area contributed by atoms with Gasteiger partial charge in [0.2, 0.25) is 5.91 Å². The lowest BCUT2D eigenvalue weighted by molar-refractivity contribution is -0.384. The Morgan fingerprint density at radius 1 is 1.08 bits per heavy atom. The van der Waals surface area contributed by atoms with Gasteiger partial charge in [0.15, 0.2) is 0 Å². The number of benzene rings is 2. The molecule has 3 aliphatic rings. The molecule has 11 nitrogen and oxygen atoms in total. The number of nitro groups is 1. The number of hydrogen-bond acceptors (Lipinski definition) is 8. The maximum absolute atomic E-state index is 13.5.